The molecule has 156 valence electrons. The number of benzene rings is 2. The topological polar surface area (TPSA) is 91.6 Å². The molecule has 5 rings (SSSR count). The first kappa shape index (κ1) is 19.3. The summed E-state index contributed by atoms with van der Waals surface area (Å²) in [6, 6.07) is 10.9. The van der Waals surface area contributed by atoms with E-state index in [1.165, 1.54) is 4.57 Å². The van der Waals surface area contributed by atoms with Crippen LogP contribution in [0.1, 0.15) is 27.5 Å². The number of fused-ring (bicyclic) bond motifs is 4. The molecule has 0 atom stereocenters. The molecule has 0 aliphatic heterocycles. The number of nitrogens with zero attached hydrogens (tertiary/aromatic N) is 4. The molecule has 5 aromatic rings. The number of hydrogen-bond donors (Lipinski definition) is 0. The molecule has 0 saturated heterocycles. The highest BCUT2D eigenvalue weighted by atomic mass is 35.5. The first-order valence-electron chi connectivity index (χ1n) is 9.55. The van der Waals surface area contributed by atoms with Gasteiger partial charge in [0.2, 0.25) is 11.5 Å². The minimum atomic E-state index is -0.633. The molecule has 2 aromatic carbocycles. The summed E-state index contributed by atoms with van der Waals surface area (Å²) in [4.78, 5) is 25.4. The Hall–Kier alpha value is -3.65. The molecule has 0 aliphatic rings. The van der Waals surface area contributed by atoms with Gasteiger partial charge in [0.05, 0.1) is 15.9 Å². The van der Waals surface area contributed by atoms with E-state index >= 15 is 0 Å². The average molecular weight is 437 g/mol. The normalized spacial score (nSPS) is 11.6. The van der Waals surface area contributed by atoms with Crippen molar-refractivity contribution in [3.05, 3.63) is 74.5 Å². The largest absolute Gasteiger partial charge is 0.452 e. The van der Waals surface area contributed by atoms with Crippen LogP contribution in [0.3, 0.4) is 0 Å². The van der Waals surface area contributed by atoms with Crippen LogP contribution >= 0.6 is 11.6 Å². The van der Waals surface area contributed by atoms with Crippen LogP contribution in [0.2, 0.25) is 5.02 Å². The van der Waals surface area contributed by atoms with Gasteiger partial charge in [-0.05, 0) is 32.0 Å². The zero-order valence-electron chi connectivity index (χ0n) is 17.0. The lowest BCUT2D eigenvalue weighted by molar-refractivity contribution is 0.0426. The Morgan fingerprint density at radius 2 is 1.97 bits per heavy atom. The van der Waals surface area contributed by atoms with Gasteiger partial charge in [0, 0.05) is 18.0 Å². The number of aromatic nitrogens is 4. The van der Waals surface area contributed by atoms with E-state index in [4.69, 9.17) is 20.8 Å². The number of esters is 1. The Morgan fingerprint density at radius 1 is 1.16 bits per heavy atom. The zero-order valence-corrected chi connectivity index (χ0v) is 17.7. The minimum Gasteiger partial charge on any atom is -0.452 e. The number of para-hydroxylation sites is 1. The number of furan rings is 1. The first-order valence-corrected chi connectivity index (χ1v) is 9.92. The predicted octanol–water partition coefficient (Wildman–Crippen LogP) is 3.95. The van der Waals surface area contributed by atoms with Crippen LogP contribution in [0.5, 0.6) is 0 Å². The van der Waals surface area contributed by atoms with Gasteiger partial charge in [0.25, 0.3) is 5.56 Å². The van der Waals surface area contributed by atoms with E-state index in [9.17, 15) is 9.59 Å². The average Bonchev–Trinajstić information content (AvgIpc) is 3.33. The van der Waals surface area contributed by atoms with E-state index in [0.29, 0.717) is 38.7 Å². The highest BCUT2D eigenvalue weighted by Crippen LogP contribution is 2.31. The molecule has 0 fully saturated rings. The molecule has 0 bridgehead atoms. The maximum atomic E-state index is 12.7. The molecule has 31 heavy (non-hydrogen) atoms. The second-order valence-corrected chi connectivity index (χ2v) is 7.79. The maximum Gasteiger partial charge on any atom is 0.375 e. The highest BCUT2D eigenvalue weighted by molar-refractivity contribution is 6.35. The lowest BCUT2D eigenvalue weighted by Crippen LogP contribution is -2.20. The third-order valence-electron chi connectivity index (χ3n) is 5.37. The number of rotatable bonds is 3. The summed E-state index contributed by atoms with van der Waals surface area (Å²) >= 11 is 6.17. The molecule has 3 heterocycles. The molecule has 0 aliphatic carbocycles. The Balaban J connectivity index is 1.54. The summed E-state index contributed by atoms with van der Waals surface area (Å²) < 4.78 is 14.3. The molecule has 0 unspecified atom stereocenters. The van der Waals surface area contributed by atoms with Gasteiger partial charge < -0.3 is 9.15 Å². The van der Waals surface area contributed by atoms with Crippen molar-refractivity contribution >= 4 is 45.2 Å². The van der Waals surface area contributed by atoms with Crippen LogP contribution < -0.4 is 5.56 Å². The van der Waals surface area contributed by atoms with Crippen molar-refractivity contribution in [1.29, 1.82) is 0 Å². The van der Waals surface area contributed by atoms with Crippen molar-refractivity contribution in [3.8, 4) is 0 Å². The van der Waals surface area contributed by atoms with Crippen LogP contribution in [-0.4, -0.2) is 25.1 Å². The quantitative estimate of drug-likeness (QED) is 0.397. The van der Waals surface area contributed by atoms with E-state index in [-0.39, 0.29) is 17.9 Å². The van der Waals surface area contributed by atoms with E-state index < -0.39 is 5.97 Å². The SMILES string of the molecule is Cc1ccc2c(c1)c(=O)n(C)c1nnc(COC(=O)c3oc4c(Cl)cccc4c3C)n21. The fraction of sp³-hybridized carbons (Fsp3) is 0.182. The second-order valence-electron chi connectivity index (χ2n) is 7.39. The van der Waals surface area contributed by atoms with E-state index in [0.717, 1.165) is 10.9 Å². The van der Waals surface area contributed by atoms with E-state index in [2.05, 4.69) is 10.2 Å². The standard InChI is InChI=1S/C22H17ClN4O4/c1-11-7-8-16-14(9-11)20(28)26(3)22-25-24-17(27(16)22)10-30-21(29)18-12(2)13-5-4-6-15(23)19(13)31-18/h4-9H,10H2,1-3H3. The van der Waals surface area contributed by atoms with Crippen LogP contribution in [0.4, 0.5) is 0 Å². The van der Waals surface area contributed by atoms with Gasteiger partial charge >= 0.3 is 5.97 Å². The van der Waals surface area contributed by atoms with Crippen molar-refractivity contribution in [2.75, 3.05) is 0 Å². The Bertz CT molecular complexity index is 1580. The van der Waals surface area contributed by atoms with Crippen molar-refractivity contribution in [3.63, 3.8) is 0 Å². The monoisotopic (exact) mass is 436 g/mol. The van der Waals surface area contributed by atoms with Crippen molar-refractivity contribution in [2.24, 2.45) is 7.05 Å². The van der Waals surface area contributed by atoms with Gasteiger partial charge in [-0.15, -0.1) is 10.2 Å². The van der Waals surface area contributed by atoms with Crippen molar-refractivity contribution in [1.82, 2.24) is 19.2 Å². The van der Waals surface area contributed by atoms with E-state index in [1.54, 1.807) is 30.5 Å². The molecular formula is C22H17ClN4O4. The van der Waals surface area contributed by atoms with Crippen LogP contribution in [-0.2, 0) is 18.4 Å². The van der Waals surface area contributed by atoms with Crippen molar-refractivity contribution in [2.45, 2.75) is 20.5 Å². The predicted molar refractivity (Wildman–Crippen MR) is 116 cm³/mol. The maximum absolute atomic E-state index is 12.7. The fourth-order valence-electron chi connectivity index (χ4n) is 3.75. The lowest BCUT2D eigenvalue weighted by atomic mass is 10.1. The van der Waals surface area contributed by atoms with Crippen LogP contribution in [0, 0.1) is 13.8 Å². The lowest BCUT2D eigenvalue weighted by Gasteiger charge is -2.09. The summed E-state index contributed by atoms with van der Waals surface area (Å²) in [7, 11) is 1.63. The third-order valence-corrected chi connectivity index (χ3v) is 5.67. The van der Waals surface area contributed by atoms with Gasteiger partial charge in [0.1, 0.15) is 0 Å². The van der Waals surface area contributed by atoms with Gasteiger partial charge in [0.15, 0.2) is 18.0 Å². The first-order chi connectivity index (χ1) is 14.9. The molecule has 0 radical (unpaired) electrons. The molecule has 0 amide bonds. The number of halogens is 1. The molecule has 9 heteroatoms. The van der Waals surface area contributed by atoms with Gasteiger partial charge in [-0.3, -0.25) is 13.8 Å². The van der Waals surface area contributed by atoms with Crippen LogP contribution in [0.15, 0.2) is 45.6 Å². The zero-order chi connectivity index (χ0) is 21.9. The second kappa shape index (κ2) is 6.95. The summed E-state index contributed by atoms with van der Waals surface area (Å²) in [5.74, 6) is 0.204. The molecule has 0 N–H and O–H groups in total. The summed E-state index contributed by atoms with van der Waals surface area (Å²) in [5, 5.41) is 9.96. The Morgan fingerprint density at radius 3 is 2.74 bits per heavy atom. The molecule has 3 aromatic heterocycles. The van der Waals surface area contributed by atoms with Gasteiger partial charge in [-0.2, -0.15) is 0 Å². The highest BCUT2D eigenvalue weighted by Gasteiger charge is 2.22. The minimum absolute atomic E-state index is 0.0878. The third kappa shape index (κ3) is 2.90. The Kier molecular flexibility index (Phi) is 4.33. The summed E-state index contributed by atoms with van der Waals surface area (Å²) in [6.07, 6.45) is 0. The number of ether oxygens (including phenoxy) is 1. The number of hydrogen-bond acceptors (Lipinski definition) is 6. The molecule has 0 spiro atoms. The molecular weight excluding hydrogens is 420 g/mol. The van der Waals surface area contributed by atoms with Gasteiger partial charge in [-0.25, -0.2) is 4.79 Å². The smallest absolute Gasteiger partial charge is 0.375 e. The molecule has 8 nitrogen and oxygen atoms in total. The Labute approximate surface area is 180 Å². The van der Waals surface area contributed by atoms with E-state index in [1.807, 2.05) is 31.2 Å². The van der Waals surface area contributed by atoms with Crippen LogP contribution in [0.25, 0.3) is 27.6 Å². The number of carbonyl (C=O) groups excluding carboxylic acids is 1. The summed E-state index contributed by atoms with van der Waals surface area (Å²) in [5.41, 5.74) is 2.53. The number of aryl methyl sites for hydroxylation is 3. The van der Waals surface area contributed by atoms with Gasteiger partial charge in [-0.1, -0.05) is 35.4 Å². The van der Waals surface area contributed by atoms with Crippen molar-refractivity contribution < 1.29 is 13.9 Å². The number of carbonyl (C=O) groups is 1. The summed E-state index contributed by atoms with van der Waals surface area (Å²) in [6.45, 7) is 3.54. The fourth-order valence-corrected chi connectivity index (χ4v) is 3.96. The molecule has 0 saturated carbocycles.